The number of ether oxygens (including phenoxy) is 2. The van der Waals surface area contributed by atoms with Crippen LogP contribution in [0.4, 0.5) is 4.39 Å². The minimum Gasteiger partial charge on any atom is -0.493 e. The molecule has 1 amide bonds. The zero-order chi connectivity index (χ0) is 21.1. The van der Waals surface area contributed by atoms with Gasteiger partial charge in [-0.15, -0.1) is 11.3 Å². The van der Waals surface area contributed by atoms with Crippen LogP contribution in [0.5, 0.6) is 11.5 Å². The zero-order valence-electron chi connectivity index (χ0n) is 17.1. The lowest BCUT2D eigenvalue weighted by Gasteiger charge is -2.22. The summed E-state index contributed by atoms with van der Waals surface area (Å²) in [6, 6.07) is 16.2. The van der Waals surface area contributed by atoms with E-state index in [0.717, 1.165) is 33.7 Å². The summed E-state index contributed by atoms with van der Waals surface area (Å²) < 4.78 is 24.4. The van der Waals surface area contributed by atoms with Crippen molar-refractivity contribution in [3.63, 3.8) is 0 Å². The maximum atomic E-state index is 13.1. The fraction of sp³-hybridized carbons (Fsp3) is 0.292. The van der Waals surface area contributed by atoms with Gasteiger partial charge >= 0.3 is 0 Å². The van der Waals surface area contributed by atoms with Crippen molar-refractivity contribution in [2.75, 3.05) is 7.11 Å². The number of amides is 1. The average Bonchev–Trinajstić information content (AvgIpc) is 3.51. The topological polar surface area (TPSA) is 38.8 Å². The highest BCUT2D eigenvalue weighted by molar-refractivity contribution is 7.13. The maximum Gasteiger partial charge on any atom is 0.264 e. The minimum atomic E-state index is -0.270. The number of carbonyl (C=O) groups excluding carboxylic acids is 1. The lowest BCUT2D eigenvalue weighted by molar-refractivity contribution is 0.0734. The van der Waals surface area contributed by atoms with Crippen LogP contribution in [0.15, 0.2) is 54.6 Å². The first kappa shape index (κ1) is 20.4. The van der Waals surface area contributed by atoms with E-state index in [-0.39, 0.29) is 11.7 Å². The van der Waals surface area contributed by atoms with E-state index in [2.05, 4.69) is 0 Å². The van der Waals surface area contributed by atoms with Crippen LogP contribution in [0.1, 0.15) is 38.5 Å². The first-order valence-corrected chi connectivity index (χ1v) is 10.8. The Bertz CT molecular complexity index is 1030. The molecule has 0 unspecified atom stereocenters. The summed E-state index contributed by atoms with van der Waals surface area (Å²) in [5.41, 5.74) is 1.87. The highest BCUT2D eigenvalue weighted by Crippen LogP contribution is 2.34. The van der Waals surface area contributed by atoms with Crippen LogP contribution in [0.25, 0.3) is 0 Å². The van der Waals surface area contributed by atoms with Gasteiger partial charge in [-0.25, -0.2) is 4.39 Å². The summed E-state index contributed by atoms with van der Waals surface area (Å²) in [6.07, 6.45) is 2.10. The Hall–Kier alpha value is -2.86. The van der Waals surface area contributed by atoms with Crippen LogP contribution >= 0.6 is 11.3 Å². The van der Waals surface area contributed by atoms with Crippen molar-refractivity contribution in [3.05, 3.63) is 81.3 Å². The monoisotopic (exact) mass is 425 g/mol. The van der Waals surface area contributed by atoms with E-state index < -0.39 is 0 Å². The minimum absolute atomic E-state index is 0.0891. The number of rotatable bonds is 8. The Labute approximate surface area is 179 Å². The Morgan fingerprint density at radius 2 is 1.80 bits per heavy atom. The van der Waals surface area contributed by atoms with Gasteiger partial charge in [0.05, 0.1) is 12.0 Å². The van der Waals surface area contributed by atoms with E-state index in [4.69, 9.17) is 9.47 Å². The van der Waals surface area contributed by atoms with Crippen molar-refractivity contribution in [3.8, 4) is 11.5 Å². The van der Waals surface area contributed by atoms with E-state index in [1.54, 1.807) is 19.2 Å². The third-order valence-corrected chi connectivity index (χ3v) is 6.08. The van der Waals surface area contributed by atoms with Crippen molar-refractivity contribution < 1.29 is 18.7 Å². The molecule has 30 heavy (non-hydrogen) atoms. The lowest BCUT2D eigenvalue weighted by atomic mass is 10.1. The van der Waals surface area contributed by atoms with Gasteiger partial charge in [0.2, 0.25) is 0 Å². The molecule has 0 aliphatic heterocycles. The molecule has 0 radical (unpaired) electrons. The maximum absolute atomic E-state index is 13.1. The number of aryl methyl sites for hydroxylation is 1. The number of hydrogen-bond acceptors (Lipinski definition) is 4. The van der Waals surface area contributed by atoms with E-state index in [1.165, 1.54) is 23.5 Å². The SMILES string of the molecule is COc1cc(CN(C(=O)c2ccc(C)s2)C2CC2)ccc1OCc1ccc(F)cc1. The number of nitrogens with zero attached hydrogens (tertiary/aromatic N) is 1. The number of hydrogen-bond donors (Lipinski definition) is 0. The van der Waals surface area contributed by atoms with E-state index in [1.807, 2.05) is 42.2 Å². The van der Waals surface area contributed by atoms with Gasteiger partial charge in [-0.2, -0.15) is 0 Å². The molecule has 1 aliphatic rings. The Kier molecular flexibility index (Phi) is 6.04. The second kappa shape index (κ2) is 8.88. The van der Waals surface area contributed by atoms with Crippen molar-refractivity contribution >= 4 is 17.2 Å². The van der Waals surface area contributed by atoms with Gasteiger partial charge in [-0.05, 0) is 67.3 Å². The number of methoxy groups -OCH3 is 1. The van der Waals surface area contributed by atoms with Gasteiger partial charge in [0.1, 0.15) is 12.4 Å². The highest BCUT2D eigenvalue weighted by atomic mass is 32.1. The summed E-state index contributed by atoms with van der Waals surface area (Å²) in [5, 5.41) is 0. The zero-order valence-corrected chi connectivity index (χ0v) is 17.9. The second-order valence-corrected chi connectivity index (χ2v) is 8.76. The summed E-state index contributed by atoms with van der Waals surface area (Å²) >= 11 is 1.54. The number of halogens is 1. The Morgan fingerprint density at radius 3 is 2.43 bits per heavy atom. The molecule has 0 saturated heterocycles. The molecule has 4 nitrogen and oxygen atoms in total. The molecule has 0 spiro atoms. The predicted molar refractivity (Wildman–Crippen MR) is 116 cm³/mol. The van der Waals surface area contributed by atoms with E-state index >= 15 is 0 Å². The molecule has 1 aromatic heterocycles. The predicted octanol–water partition coefficient (Wildman–Crippen LogP) is 5.59. The second-order valence-electron chi connectivity index (χ2n) is 7.47. The molecule has 1 heterocycles. The molecule has 1 fully saturated rings. The molecule has 6 heteroatoms. The van der Waals surface area contributed by atoms with Crippen LogP contribution in [-0.4, -0.2) is 24.0 Å². The number of thiophene rings is 1. The lowest BCUT2D eigenvalue weighted by Crippen LogP contribution is -2.32. The summed E-state index contributed by atoms with van der Waals surface area (Å²) in [5.74, 6) is 1.05. The van der Waals surface area contributed by atoms with Crippen molar-refractivity contribution in [2.24, 2.45) is 0 Å². The first-order chi connectivity index (χ1) is 14.5. The number of carbonyl (C=O) groups is 1. The van der Waals surface area contributed by atoms with Gasteiger partial charge in [0.25, 0.3) is 5.91 Å². The van der Waals surface area contributed by atoms with Gasteiger partial charge in [0, 0.05) is 17.5 Å². The fourth-order valence-electron chi connectivity index (χ4n) is 3.31. The molecular formula is C24H24FNO3S. The van der Waals surface area contributed by atoms with Crippen molar-refractivity contribution in [1.29, 1.82) is 0 Å². The molecule has 156 valence electrons. The van der Waals surface area contributed by atoms with Gasteiger partial charge < -0.3 is 14.4 Å². The highest BCUT2D eigenvalue weighted by Gasteiger charge is 2.33. The van der Waals surface area contributed by atoms with Gasteiger partial charge in [-0.1, -0.05) is 18.2 Å². The largest absolute Gasteiger partial charge is 0.493 e. The third kappa shape index (κ3) is 4.82. The van der Waals surface area contributed by atoms with Gasteiger partial charge in [-0.3, -0.25) is 4.79 Å². The van der Waals surface area contributed by atoms with E-state index in [0.29, 0.717) is 30.7 Å². The molecule has 0 atom stereocenters. The summed E-state index contributed by atoms with van der Waals surface area (Å²) in [6.45, 7) is 2.87. The van der Waals surface area contributed by atoms with Crippen LogP contribution in [0, 0.1) is 12.7 Å². The fourth-order valence-corrected chi connectivity index (χ4v) is 4.14. The molecule has 2 aromatic carbocycles. The molecule has 0 N–H and O–H groups in total. The standard InChI is InChI=1S/C24H24FNO3S/c1-16-3-12-23(30-16)24(27)26(20-9-10-20)14-18-6-11-21(22(13-18)28-2)29-15-17-4-7-19(25)8-5-17/h3-8,11-13,20H,9-10,14-15H2,1-2H3. The van der Waals surface area contributed by atoms with Gasteiger partial charge in [0.15, 0.2) is 11.5 Å². The van der Waals surface area contributed by atoms with Crippen molar-refractivity contribution in [2.45, 2.75) is 39.0 Å². The normalized spacial score (nSPS) is 13.2. The number of benzene rings is 2. The first-order valence-electron chi connectivity index (χ1n) is 9.95. The molecular weight excluding hydrogens is 401 g/mol. The summed E-state index contributed by atoms with van der Waals surface area (Å²) in [4.78, 5) is 16.9. The van der Waals surface area contributed by atoms with E-state index in [9.17, 15) is 9.18 Å². The molecule has 4 rings (SSSR count). The van der Waals surface area contributed by atoms with Crippen LogP contribution in [-0.2, 0) is 13.2 Å². The smallest absolute Gasteiger partial charge is 0.264 e. The molecule has 1 saturated carbocycles. The third-order valence-electron chi connectivity index (χ3n) is 5.09. The van der Waals surface area contributed by atoms with Crippen molar-refractivity contribution in [1.82, 2.24) is 4.90 Å². The molecule has 3 aromatic rings. The Morgan fingerprint density at radius 1 is 1.07 bits per heavy atom. The molecule has 1 aliphatic carbocycles. The van der Waals surface area contributed by atoms with Crippen LogP contribution < -0.4 is 9.47 Å². The van der Waals surface area contributed by atoms with Crippen LogP contribution in [0.2, 0.25) is 0 Å². The average molecular weight is 426 g/mol. The quantitative estimate of drug-likeness (QED) is 0.472. The van der Waals surface area contributed by atoms with Crippen LogP contribution in [0.3, 0.4) is 0 Å². The molecule has 0 bridgehead atoms. The Balaban J connectivity index is 1.47. The summed E-state index contributed by atoms with van der Waals surface area (Å²) in [7, 11) is 1.60.